The monoisotopic (exact) mass is 344 g/mol. The van der Waals surface area contributed by atoms with E-state index in [1.165, 1.54) is 4.90 Å². The molecule has 124 valence electrons. The minimum absolute atomic E-state index is 0.110. The molecule has 24 heavy (non-hydrogen) atoms. The van der Waals surface area contributed by atoms with E-state index in [0.29, 0.717) is 28.8 Å². The smallest absolute Gasteiger partial charge is 0.256 e. The van der Waals surface area contributed by atoms with Gasteiger partial charge in [-0.1, -0.05) is 17.7 Å². The van der Waals surface area contributed by atoms with Gasteiger partial charge in [-0.25, -0.2) is 4.90 Å². The number of carbonyl (C=O) groups excluding carboxylic acids is 2. The van der Waals surface area contributed by atoms with Gasteiger partial charge in [0.15, 0.2) is 0 Å². The van der Waals surface area contributed by atoms with Gasteiger partial charge in [0.2, 0.25) is 5.91 Å². The number of nitrogens with one attached hydrogen (secondary N) is 1. The number of hydrogen-bond donors (Lipinski definition) is 1. The summed E-state index contributed by atoms with van der Waals surface area (Å²) in [5.41, 5.74) is 1.26. The number of amides is 2. The SMILES string of the molecule is CCOc1ccc(N2C(=O)C[C@H](Nc3cccc(Cl)c3)C2=O)cc1. The van der Waals surface area contributed by atoms with Crippen LogP contribution in [0.4, 0.5) is 11.4 Å². The van der Waals surface area contributed by atoms with Crippen LogP contribution in [0.25, 0.3) is 0 Å². The second kappa shape index (κ2) is 6.93. The van der Waals surface area contributed by atoms with Crippen molar-refractivity contribution in [1.29, 1.82) is 0 Å². The fourth-order valence-electron chi connectivity index (χ4n) is 2.65. The third-order valence-electron chi connectivity index (χ3n) is 3.72. The molecule has 1 saturated heterocycles. The van der Waals surface area contributed by atoms with E-state index in [2.05, 4.69) is 5.32 Å². The van der Waals surface area contributed by atoms with Crippen LogP contribution in [0.1, 0.15) is 13.3 Å². The molecule has 5 nitrogen and oxygen atoms in total. The summed E-state index contributed by atoms with van der Waals surface area (Å²) in [5, 5.41) is 3.64. The van der Waals surface area contributed by atoms with Crippen LogP contribution in [0.3, 0.4) is 0 Å². The van der Waals surface area contributed by atoms with Crippen molar-refractivity contribution in [2.24, 2.45) is 0 Å². The molecule has 6 heteroatoms. The Morgan fingerprint density at radius 3 is 2.62 bits per heavy atom. The van der Waals surface area contributed by atoms with Crippen molar-refractivity contribution in [3.05, 3.63) is 53.6 Å². The molecule has 2 amide bonds. The standard InChI is InChI=1S/C18H17ClN2O3/c1-2-24-15-8-6-14(7-9-15)21-17(22)11-16(18(21)23)20-13-5-3-4-12(19)10-13/h3-10,16,20H,2,11H2,1H3/t16-/m0/s1. The summed E-state index contributed by atoms with van der Waals surface area (Å²) in [5.74, 6) is 0.196. The van der Waals surface area contributed by atoms with Gasteiger partial charge >= 0.3 is 0 Å². The Kier molecular flexibility index (Phi) is 4.71. The molecule has 0 radical (unpaired) electrons. The van der Waals surface area contributed by atoms with Crippen LogP contribution in [0.5, 0.6) is 5.75 Å². The molecule has 1 atom stereocenters. The highest BCUT2D eigenvalue weighted by atomic mass is 35.5. The number of hydrogen-bond acceptors (Lipinski definition) is 4. The lowest BCUT2D eigenvalue weighted by molar-refractivity contribution is -0.121. The quantitative estimate of drug-likeness (QED) is 0.844. The van der Waals surface area contributed by atoms with E-state index in [1.807, 2.05) is 13.0 Å². The molecule has 0 aromatic heterocycles. The highest BCUT2D eigenvalue weighted by Crippen LogP contribution is 2.27. The van der Waals surface area contributed by atoms with Crippen LogP contribution in [-0.2, 0) is 9.59 Å². The Hall–Kier alpha value is -2.53. The van der Waals surface area contributed by atoms with E-state index in [-0.39, 0.29) is 18.2 Å². The maximum Gasteiger partial charge on any atom is 0.256 e. The molecule has 1 aliphatic rings. The molecule has 0 aliphatic carbocycles. The van der Waals surface area contributed by atoms with Crippen molar-refractivity contribution in [1.82, 2.24) is 0 Å². The number of rotatable bonds is 5. The maximum absolute atomic E-state index is 12.6. The predicted octanol–water partition coefficient (Wildman–Crippen LogP) is 3.48. The van der Waals surface area contributed by atoms with E-state index < -0.39 is 6.04 Å². The van der Waals surface area contributed by atoms with Crippen LogP contribution in [0.15, 0.2) is 48.5 Å². The van der Waals surface area contributed by atoms with Gasteiger partial charge in [0.05, 0.1) is 18.7 Å². The lowest BCUT2D eigenvalue weighted by Gasteiger charge is -2.16. The summed E-state index contributed by atoms with van der Waals surface area (Å²) in [6.07, 6.45) is 0.110. The van der Waals surface area contributed by atoms with Crippen molar-refractivity contribution in [2.45, 2.75) is 19.4 Å². The summed E-state index contributed by atoms with van der Waals surface area (Å²) in [6.45, 7) is 2.46. The van der Waals surface area contributed by atoms with Crippen LogP contribution >= 0.6 is 11.6 Å². The molecule has 2 aromatic rings. The molecule has 0 bridgehead atoms. The Morgan fingerprint density at radius 2 is 1.96 bits per heavy atom. The zero-order valence-electron chi connectivity index (χ0n) is 13.2. The highest BCUT2D eigenvalue weighted by Gasteiger charge is 2.39. The summed E-state index contributed by atoms with van der Waals surface area (Å²) >= 11 is 5.95. The topological polar surface area (TPSA) is 58.6 Å². The predicted molar refractivity (Wildman–Crippen MR) is 93.6 cm³/mol. The van der Waals surface area contributed by atoms with E-state index in [1.54, 1.807) is 42.5 Å². The van der Waals surface area contributed by atoms with E-state index >= 15 is 0 Å². The number of anilines is 2. The van der Waals surface area contributed by atoms with Gasteiger partial charge in [0, 0.05) is 10.7 Å². The van der Waals surface area contributed by atoms with E-state index in [4.69, 9.17) is 16.3 Å². The lowest BCUT2D eigenvalue weighted by Crippen LogP contribution is -2.34. The van der Waals surface area contributed by atoms with Crippen molar-refractivity contribution >= 4 is 34.8 Å². The molecule has 1 fully saturated rings. The van der Waals surface area contributed by atoms with Gasteiger partial charge in [0.1, 0.15) is 11.8 Å². The first-order chi connectivity index (χ1) is 11.6. The number of halogens is 1. The average Bonchev–Trinajstić information content (AvgIpc) is 2.83. The summed E-state index contributed by atoms with van der Waals surface area (Å²) in [7, 11) is 0. The van der Waals surface area contributed by atoms with Gasteiger partial charge in [-0.3, -0.25) is 9.59 Å². The maximum atomic E-state index is 12.6. The van der Waals surface area contributed by atoms with Gasteiger partial charge in [0.25, 0.3) is 5.91 Å². The average molecular weight is 345 g/mol. The molecule has 0 saturated carbocycles. The minimum atomic E-state index is -0.595. The van der Waals surface area contributed by atoms with Gasteiger partial charge in [-0.15, -0.1) is 0 Å². The molecule has 1 heterocycles. The second-order valence-corrected chi connectivity index (χ2v) is 5.84. The van der Waals surface area contributed by atoms with Crippen molar-refractivity contribution < 1.29 is 14.3 Å². The number of carbonyl (C=O) groups is 2. The first kappa shape index (κ1) is 16.3. The normalized spacial score (nSPS) is 17.2. The first-order valence-electron chi connectivity index (χ1n) is 7.70. The van der Waals surface area contributed by atoms with Crippen LogP contribution in [-0.4, -0.2) is 24.5 Å². The molecular formula is C18H17ClN2O3. The van der Waals surface area contributed by atoms with E-state index in [0.717, 1.165) is 0 Å². The molecule has 3 rings (SSSR count). The van der Waals surface area contributed by atoms with Crippen LogP contribution < -0.4 is 15.0 Å². The van der Waals surface area contributed by atoms with Crippen LogP contribution in [0, 0.1) is 0 Å². The number of imide groups is 1. The molecule has 0 spiro atoms. The Bertz CT molecular complexity index is 761. The molecule has 1 aliphatic heterocycles. The fraction of sp³-hybridized carbons (Fsp3) is 0.222. The minimum Gasteiger partial charge on any atom is -0.494 e. The lowest BCUT2D eigenvalue weighted by atomic mass is 10.2. The van der Waals surface area contributed by atoms with Gasteiger partial charge in [-0.2, -0.15) is 0 Å². The zero-order chi connectivity index (χ0) is 17.1. The molecule has 2 aromatic carbocycles. The van der Waals surface area contributed by atoms with Crippen molar-refractivity contribution in [3.63, 3.8) is 0 Å². The molecule has 1 N–H and O–H groups in total. The van der Waals surface area contributed by atoms with Crippen molar-refractivity contribution in [3.8, 4) is 5.75 Å². The highest BCUT2D eigenvalue weighted by molar-refractivity contribution is 6.30. The summed E-state index contributed by atoms with van der Waals surface area (Å²) in [4.78, 5) is 26.1. The first-order valence-corrected chi connectivity index (χ1v) is 8.08. The zero-order valence-corrected chi connectivity index (χ0v) is 13.9. The van der Waals surface area contributed by atoms with E-state index in [9.17, 15) is 9.59 Å². The summed E-state index contributed by atoms with van der Waals surface area (Å²) < 4.78 is 5.38. The van der Waals surface area contributed by atoms with Crippen molar-refractivity contribution in [2.75, 3.05) is 16.8 Å². The second-order valence-electron chi connectivity index (χ2n) is 5.41. The fourth-order valence-corrected chi connectivity index (χ4v) is 2.84. The molecular weight excluding hydrogens is 328 g/mol. The summed E-state index contributed by atoms with van der Waals surface area (Å²) in [6, 6.07) is 13.4. The number of nitrogens with zero attached hydrogens (tertiary/aromatic N) is 1. The van der Waals surface area contributed by atoms with Gasteiger partial charge in [-0.05, 0) is 49.4 Å². The number of benzene rings is 2. The Labute approximate surface area is 145 Å². The third kappa shape index (κ3) is 3.36. The number of ether oxygens (including phenoxy) is 1. The van der Waals surface area contributed by atoms with Gasteiger partial charge < -0.3 is 10.1 Å². The van der Waals surface area contributed by atoms with Crippen LogP contribution in [0.2, 0.25) is 5.02 Å². The molecule has 0 unspecified atom stereocenters. The Morgan fingerprint density at radius 1 is 1.21 bits per heavy atom. The third-order valence-corrected chi connectivity index (χ3v) is 3.95. The largest absolute Gasteiger partial charge is 0.494 e. The Balaban J connectivity index is 1.76.